The van der Waals surface area contributed by atoms with Crippen LogP contribution in [0.1, 0.15) is 17.6 Å². The molecule has 1 aliphatic heterocycles. The zero-order valence-electron chi connectivity index (χ0n) is 6.82. The maximum atomic E-state index is 10.7. The third-order valence-electron chi connectivity index (χ3n) is 1.85. The summed E-state index contributed by atoms with van der Waals surface area (Å²) in [5, 5.41) is 11.3. The maximum Gasteiger partial charge on any atom is 0.407 e. The molecule has 70 valence electrons. The van der Waals surface area contributed by atoms with Crippen LogP contribution in [0.5, 0.6) is 0 Å². The summed E-state index contributed by atoms with van der Waals surface area (Å²) in [6.07, 6.45) is -0.438. The third kappa shape index (κ3) is 1.50. The molecule has 0 aromatic carbocycles. The molecule has 5 nitrogen and oxygen atoms in total. The van der Waals surface area contributed by atoms with Crippen LogP contribution in [0.3, 0.4) is 0 Å². The number of amides is 1. The lowest BCUT2D eigenvalue weighted by molar-refractivity contribution is 0.176. The minimum absolute atomic E-state index is 0.137. The van der Waals surface area contributed by atoms with Gasteiger partial charge in [0.1, 0.15) is 30.8 Å². The number of nitrogens with one attached hydrogen (secondary N) is 1. The van der Waals surface area contributed by atoms with Gasteiger partial charge in [-0.2, -0.15) is 0 Å². The number of hydrogen-bond donors (Lipinski definition) is 2. The molecule has 1 aromatic rings. The van der Waals surface area contributed by atoms with Crippen LogP contribution in [0.15, 0.2) is 16.5 Å². The van der Waals surface area contributed by atoms with Crippen LogP contribution in [0.4, 0.5) is 4.79 Å². The van der Waals surface area contributed by atoms with Crippen LogP contribution >= 0.6 is 0 Å². The van der Waals surface area contributed by atoms with E-state index >= 15 is 0 Å². The van der Waals surface area contributed by atoms with Crippen molar-refractivity contribution in [1.82, 2.24) is 5.32 Å². The molecule has 2 N–H and O–H groups in total. The van der Waals surface area contributed by atoms with Gasteiger partial charge in [-0.15, -0.1) is 0 Å². The Morgan fingerprint density at radius 3 is 3.00 bits per heavy atom. The monoisotopic (exact) mass is 183 g/mol. The van der Waals surface area contributed by atoms with Gasteiger partial charge in [0, 0.05) is 0 Å². The molecule has 0 radical (unpaired) electrons. The fraction of sp³-hybridized carbons (Fsp3) is 0.375. The lowest BCUT2D eigenvalue weighted by Gasteiger charge is -2.01. The van der Waals surface area contributed by atoms with Crippen molar-refractivity contribution in [1.29, 1.82) is 0 Å². The van der Waals surface area contributed by atoms with Crippen molar-refractivity contribution in [2.24, 2.45) is 0 Å². The smallest absolute Gasteiger partial charge is 0.407 e. The van der Waals surface area contributed by atoms with Crippen LogP contribution in [0, 0.1) is 0 Å². The number of carbonyl (C=O) groups is 1. The van der Waals surface area contributed by atoms with Crippen molar-refractivity contribution in [3.8, 4) is 0 Å². The lowest BCUT2D eigenvalue weighted by atomic mass is 10.2. The Hall–Kier alpha value is -1.49. The summed E-state index contributed by atoms with van der Waals surface area (Å²) in [5.41, 5.74) is 0. The molecule has 2 heterocycles. The molecule has 0 saturated carbocycles. The number of aliphatic hydroxyl groups is 1. The molecule has 1 atom stereocenters. The second-order valence-electron chi connectivity index (χ2n) is 2.76. The molecule has 1 saturated heterocycles. The fourth-order valence-corrected chi connectivity index (χ4v) is 1.20. The van der Waals surface area contributed by atoms with Crippen molar-refractivity contribution in [2.75, 3.05) is 6.61 Å². The Bertz CT molecular complexity index is 320. The first kappa shape index (κ1) is 8.12. The van der Waals surface area contributed by atoms with E-state index in [-0.39, 0.29) is 19.3 Å². The van der Waals surface area contributed by atoms with Gasteiger partial charge < -0.3 is 19.6 Å². The fourth-order valence-electron chi connectivity index (χ4n) is 1.20. The van der Waals surface area contributed by atoms with Crippen LogP contribution in [-0.2, 0) is 11.3 Å². The first-order chi connectivity index (χ1) is 6.29. The van der Waals surface area contributed by atoms with Gasteiger partial charge >= 0.3 is 6.09 Å². The zero-order chi connectivity index (χ0) is 9.26. The lowest BCUT2D eigenvalue weighted by Crippen LogP contribution is -2.17. The van der Waals surface area contributed by atoms with E-state index in [1.165, 1.54) is 0 Å². The molecule has 0 bridgehead atoms. The van der Waals surface area contributed by atoms with Crippen LogP contribution in [-0.4, -0.2) is 17.8 Å². The Morgan fingerprint density at radius 2 is 2.46 bits per heavy atom. The van der Waals surface area contributed by atoms with E-state index in [0.717, 1.165) is 0 Å². The predicted octanol–water partition coefficient (Wildman–Crippen LogP) is 0.553. The van der Waals surface area contributed by atoms with E-state index in [2.05, 4.69) is 5.32 Å². The second-order valence-corrected chi connectivity index (χ2v) is 2.76. The van der Waals surface area contributed by atoms with E-state index in [1.807, 2.05) is 0 Å². The molecule has 0 spiro atoms. The highest BCUT2D eigenvalue weighted by atomic mass is 16.6. The van der Waals surface area contributed by atoms with Crippen molar-refractivity contribution in [3.63, 3.8) is 0 Å². The largest absolute Gasteiger partial charge is 0.461 e. The minimum Gasteiger partial charge on any atom is -0.461 e. The molecule has 1 fully saturated rings. The number of ether oxygens (including phenoxy) is 1. The average Bonchev–Trinajstić information content (AvgIpc) is 2.71. The molecule has 1 aromatic heterocycles. The number of hydrogen-bond acceptors (Lipinski definition) is 4. The van der Waals surface area contributed by atoms with Gasteiger partial charge in [-0.3, -0.25) is 0 Å². The van der Waals surface area contributed by atoms with Gasteiger partial charge in [0.15, 0.2) is 0 Å². The van der Waals surface area contributed by atoms with Gasteiger partial charge in [0.05, 0.1) is 0 Å². The van der Waals surface area contributed by atoms with Crippen molar-refractivity contribution >= 4 is 6.09 Å². The van der Waals surface area contributed by atoms with Crippen LogP contribution in [0.2, 0.25) is 0 Å². The summed E-state index contributed by atoms with van der Waals surface area (Å²) < 4.78 is 9.91. The SMILES string of the molecule is O=C1N[C@@H](c2ccc(CO)o2)CO1. The first-order valence-electron chi connectivity index (χ1n) is 3.92. The summed E-state index contributed by atoms with van der Waals surface area (Å²) in [6.45, 7) is 0.138. The normalized spacial score (nSPS) is 21.3. The Labute approximate surface area is 74.3 Å². The van der Waals surface area contributed by atoms with E-state index < -0.39 is 6.09 Å². The van der Waals surface area contributed by atoms with Crippen molar-refractivity contribution < 1.29 is 19.1 Å². The molecule has 1 amide bonds. The molecule has 2 rings (SSSR count). The highest BCUT2D eigenvalue weighted by Crippen LogP contribution is 2.20. The number of rotatable bonds is 2. The number of furan rings is 1. The topological polar surface area (TPSA) is 71.7 Å². The minimum atomic E-state index is -0.438. The Kier molecular flexibility index (Phi) is 1.94. The summed E-state index contributed by atoms with van der Waals surface area (Å²) in [7, 11) is 0. The second kappa shape index (κ2) is 3.10. The summed E-state index contributed by atoms with van der Waals surface area (Å²) in [6, 6.07) is 3.15. The van der Waals surface area contributed by atoms with E-state index in [9.17, 15) is 4.79 Å². The molecule has 1 aliphatic rings. The van der Waals surface area contributed by atoms with Crippen molar-refractivity contribution in [2.45, 2.75) is 12.6 Å². The number of cyclic esters (lactones) is 1. The van der Waals surface area contributed by atoms with Gasteiger partial charge in [-0.05, 0) is 12.1 Å². The van der Waals surface area contributed by atoms with Gasteiger partial charge in [-0.1, -0.05) is 0 Å². The summed E-state index contributed by atoms with van der Waals surface area (Å²) >= 11 is 0. The first-order valence-corrected chi connectivity index (χ1v) is 3.92. The summed E-state index contributed by atoms with van der Waals surface area (Å²) in [4.78, 5) is 10.7. The molecule has 13 heavy (non-hydrogen) atoms. The van der Waals surface area contributed by atoms with Crippen LogP contribution < -0.4 is 5.32 Å². The standard InChI is InChI=1S/C8H9NO4/c10-3-5-1-2-7(13-5)6-4-12-8(11)9-6/h1-2,6,10H,3-4H2,(H,9,11)/t6-/m1/s1. The maximum absolute atomic E-state index is 10.7. The van der Waals surface area contributed by atoms with E-state index in [1.54, 1.807) is 12.1 Å². The van der Waals surface area contributed by atoms with Gasteiger partial charge in [0.25, 0.3) is 0 Å². The molecule has 0 aliphatic carbocycles. The highest BCUT2D eigenvalue weighted by Gasteiger charge is 2.26. The quantitative estimate of drug-likeness (QED) is 0.702. The Balaban J connectivity index is 2.12. The van der Waals surface area contributed by atoms with Crippen molar-refractivity contribution in [3.05, 3.63) is 23.7 Å². The zero-order valence-corrected chi connectivity index (χ0v) is 6.82. The predicted molar refractivity (Wildman–Crippen MR) is 41.9 cm³/mol. The molecular formula is C8H9NO4. The number of carbonyl (C=O) groups excluding carboxylic acids is 1. The third-order valence-corrected chi connectivity index (χ3v) is 1.85. The molecule has 5 heteroatoms. The van der Waals surface area contributed by atoms with E-state index in [0.29, 0.717) is 11.5 Å². The van der Waals surface area contributed by atoms with Gasteiger partial charge in [-0.25, -0.2) is 4.79 Å². The van der Waals surface area contributed by atoms with Crippen LogP contribution in [0.25, 0.3) is 0 Å². The highest BCUT2D eigenvalue weighted by molar-refractivity contribution is 5.69. The van der Waals surface area contributed by atoms with E-state index in [4.69, 9.17) is 14.3 Å². The molecule has 0 unspecified atom stereocenters. The summed E-state index contributed by atoms with van der Waals surface area (Å²) in [5.74, 6) is 1.09. The average molecular weight is 183 g/mol. The Morgan fingerprint density at radius 1 is 1.62 bits per heavy atom. The number of alkyl carbamates (subject to hydrolysis) is 1. The van der Waals surface area contributed by atoms with Gasteiger partial charge in [0.2, 0.25) is 0 Å². The number of aliphatic hydroxyl groups excluding tert-OH is 1. The molecular weight excluding hydrogens is 174 g/mol.